The Labute approximate surface area is 278 Å². The second kappa shape index (κ2) is 12.1. The van der Waals surface area contributed by atoms with Gasteiger partial charge in [-0.1, -0.05) is 120 Å². The van der Waals surface area contributed by atoms with Crippen molar-refractivity contribution in [3.05, 3.63) is 125 Å². The van der Waals surface area contributed by atoms with E-state index in [1.165, 1.54) is 22.1 Å². The monoisotopic (exact) mass is 615 g/mol. The number of benzene rings is 4. The van der Waals surface area contributed by atoms with Gasteiger partial charge in [-0.2, -0.15) is 5.26 Å². The minimum atomic E-state index is -0.00356. The van der Waals surface area contributed by atoms with E-state index in [4.69, 9.17) is 15.0 Å². The third kappa shape index (κ3) is 6.24. The number of nitrogens with zero attached hydrogens (tertiary/aromatic N) is 5. The van der Waals surface area contributed by atoms with Crippen molar-refractivity contribution in [2.24, 2.45) is 5.41 Å². The maximum Gasteiger partial charge on any atom is 0.166 e. The zero-order valence-electron chi connectivity index (χ0n) is 28.6. The summed E-state index contributed by atoms with van der Waals surface area (Å²) in [6.45, 7) is 17.9. The molecule has 5 nitrogen and oxygen atoms in total. The van der Waals surface area contributed by atoms with Crippen molar-refractivity contribution in [2.45, 2.75) is 60.8 Å². The fraction of sp³-hybridized carbons (Fsp3) is 0.238. The number of hydrogen-bond acceptors (Lipinski definition) is 4. The van der Waals surface area contributed by atoms with Crippen LogP contribution >= 0.6 is 0 Å². The van der Waals surface area contributed by atoms with Gasteiger partial charge in [-0.05, 0) is 60.6 Å². The second-order valence-electron chi connectivity index (χ2n) is 14.3. The van der Waals surface area contributed by atoms with Crippen LogP contribution in [-0.2, 0) is 5.41 Å². The Balaban J connectivity index is 1.68. The van der Waals surface area contributed by atoms with Gasteiger partial charge in [0.2, 0.25) is 0 Å². The van der Waals surface area contributed by atoms with E-state index in [-0.39, 0.29) is 10.8 Å². The maximum atomic E-state index is 10.0. The Morgan fingerprint density at radius 2 is 1.30 bits per heavy atom. The number of aromatic nitrogens is 4. The smallest absolute Gasteiger partial charge is 0.166 e. The molecule has 0 aliphatic heterocycles. The minimum absolute atomic E-state index is 0.00356. The summed E-state index contributed by atoms with van der Waals surface area (Å²) < 4.78 is 2.30. The molecule has 0 amide bonds. The fourth-order valence-corrected chi connectivity index (χ4v) is 5.74. The lowest BCUT2D eigenvalue weighted by Gasteiger charge is -2.20. The van der Waals surface area contributed by atoms with Crippen LogP contribution in [0, 0.1) is 23.7 Å². The van der Waals surface area contributed by atoms with Gasteiger partial charge in [-0.15, -0.1) is 0 Å². The predicted octanol–water partition coefficient (Wildman–Crippen LogP) is 10.7. The van der Waals surface area contributed by atoms with Gasteiger partial charge < -0.3 is 4.57 Å². The van der Waals surface area contributed by atoms with Gasteiger partial charge in [0.05, 0.1) is 22.8 Å². The average molecular weight is 616 g/mol. The molecule has 2 heterocycles. The van der Waals surface area contributed by atoms with Crippen LogP contribution in [-0.4, -0.2) is 19.5 Å². The number of nitriles is 1. The molecule has 6 rings (SSSR count). The van der Waals surface area contributed by atoms with Gasteiger partial charge in [-0.3, -0.25) is 0 Å². The van der Waals surface area contributed by atoms with Crippen molar-refractivity contribution in [3.8, 4) is 45.9 Å². The summed E-state index contributed by atoms with van der Waals surface area (Å²) in [5.41, 5.74) is 10.0. The zero-order valence-corrected chi connectivity index (χ0v) is 28.6. The lowest BCUT2D eigenvalue weighted by Crippen LogP contribution is -2.10. The normalized spacial score (nSPS) is 12.4. The molecule has 0 unspecified atom stereocenters. The van der Waals surface area contributed by atoms with Gasteiger partial charge in [0.15, 0.2) is 17.5 Å². The van der Waals surface area contributed by atoms with Gasteiger partial charge in [-0.25, -0.2) is 15.0 Å². The Morgan fingerprint density at radius 1 is 0.723 bits per heavy atom. The lowest BCUT2D eigenvalue weighted by molar-refractivity contribution is 0.508. The summed E-state index contributed by atoms with van der Waals surface area (Å²) in [5, 5.41) is 11.2. The molecule has 0 spiro atoms. The maximum absolute atomic E-state index is 10.0. The molecular formula is C42H41N5. The van der Waals surface area contributed by atoms with Crippen molar-refractivity contribution in [1.29, 1.82) is 5.26 Å². The van der Waals surface area contributed by atoms with Gasteiger partial charge >= 0.3 is 0 Å². The third-order valence-corrected chi connectivity index (χ3v) is 8.97. The molecule has 0 aliphatic rings. The molecule has 234 valence electrons. The highest BCUT2D eigenvalue weighted by atomic mass is 15.1. The molecule has 0 saturated carbocycles. The number of fused-ring (bicyclic) bond motifs is 1. The molecule has 0 N–H and O–H groups in total. The molecule has 47 heavy (non-hydrogen) atoms. The molecule has 6 aromatic rings. The summed E-state index contributed by atoms with van der Waals surface area (Å²) >= 11 is 0. The molecule has 5 heteroatoms. The van der Waals surface area contributed by atoms with Gasteiger partial charge in [0, 0.05) is 33.3 Å². The molecular weight excluding hydrogens is 574 g/mol. The van der Waals surface area contributed by atoms with Crippen molar-refractivity contribution >= 4 is 17.0 Å². The molecule has 0 fully saturated rings. The van der Waals surface area contributed by atoms with E-state index in [9.17, 15) is 5.26 Å². The highest BCUT2D eigenvalue weighted by Crippen LogP contribution is 2.39. The van der Waals surface area contributed by atoms with Crippen LogP contribution in [0.3, 0.4) is 0 Å². The molecule has 2 aromatic heterocycles. The van der Waals surface area contributed by atoms with Gasteiger partial charge in [0.1, 0.15) is 0 Å². The number of allylic oxidation sites excluding steroid dienone is 1. The topological polar surface area (TPSA) is 67.4 Å². The Morgan fingerprint density at radius 3 is 1.83 bits per heavy atom. The van der Waals surface area contributed by atoms with E-state index in [1.807, 2.05) is 78.9 Å². The third-order valence-electron chi connectivity index (χ3n) is 8.97. The van der Waals surface area contributed by atoms with E-state index in [2.05, 4.69) is 90.3 Å². The first-order valence-corrected chi connectivity index (χ1v) is 16.1. The standard InChI is InChI=1S/C42H41N5/c1-27(41(3,4)5)23-33-28(2)47(36-22-20-32(25-34(33)36)42(6,7)8)37-21-19-29(26-43)24-35(37)40-45-38(30-15-11-9-12-16-30)44-39(46-40)31-17-13-10-14-18-31/h9-25H,1-8H3/b27-23+. The minimum Gasteiger partial charge on any atom is -0.313 e. The summed E-state index contributed by atoms with van der Waals surface area (Å²) in [6, 6.07) is 34.9. The molecule has 0 radical (unpaired) electrons. The summed E-state index contributed by atoms with van der Waals surface area (Å²) in [6.07, 6.45) is 2.34. The van der Waals surface area contributed by atoms with Crippen molar-refractivity contribution in [1.82, 2.24) is 19.5 Å². The SMILES string of the molecule is C/C(=C\c1c(C)n(-c2ccc(C#N)cc2-c2nc(-c3ccccc3)nc(-c3ccccc3)n2)c2ccc(C(C)(C)C)cc12)C(C)(C)C. The van der Waals surface area contributed by atoms with Crippen LogP contribution in [0.2, 0.25) is 0 Å². The molecule has 0 bridgehead atoms. The van der Waals surface area contributed by atoms with Crippen molar-refractivity contribution in [2.75, 3.05) is 0 Å². The zero-order chi connectivity index (χ0) is 33.5. The largest absolute Gasteiger partial charge is 0.313 e. The van der Waals surface area contributed by atoms with Crippen LogP contribution in [0.25, 0.3) is 56.8 Å². The quantitative estimate of drug-likeness (QED) is 0.193. The molecule has 0 atom stereocenters. The van der Waals surface area contributed by atoms with Crippen molar-refractivity contribution < 1.29 is 0 Å². The first-order valence-electron chi connectivity index (χ1n) is 16.1. The van der Waals surface area contributed by atoms with Crippen LogP contribution < -0.4 is 0 Å². The Hall–Kier alpha value is -5.34. The van der Waals surface area contributed by atoms with Crippen LogP contribution in [0.4, 0.5) is 0 Å². The first-order chi connectivity index (χ1) is 22.3. The second-order valence-corrected chi connectivity index (χ2v) is 14.3. The lowest BCUT2D eigenvalue weighted by atomic mass is 9.84. The first kappa shape index (κ1) is 31.6. The summed E-state index contributed by atoms with van der Waals surface area (Å²) in [7, 11) is 0. The van der Waals surface area contributed by atoms with E-state index in [1.54, 1.807) is 0 Å². The van der Waals surface area contributed by atoms with E-state index >= 15 is 0 Å². The highest BCUT2D eigenvalue weighted by molar-refractivity contribution is 5.95. The molecule has 0 saturated heterocycles. The van der Waals surface area contributed by atoms with E-state index in [0.29, 0.717) is 23.0 Å². The Kier molecular flexibility index (Phi) is 8.15. The molecule has 4 aromatic carbocycles. The van der Waals surface area contributed by atoms with Gasteiger partial charge in [0.25, 0.3) is 0 Å². The summed E-state index contributed by atoms with van der Waals surface area (Å²) in [5.74, 6) is 1.67. The number of hydrogen-bond donors (Lipinski definition) is 0. The van der Waals surface area contributed by atoms with Crippen LogP contribution in [0.1, 0.15) is 70.9 Å². The van der Waals surface area contributed by atoms with E-state index < -0.39 is 0 Å². The van der Waals surface area contributed by atoms with E-state index in [0.717, 1.165) is 33.6 Å². The number of rotatable bonds is 5. The average Bonchev–Trinajstić information content (AvgIpc) is 3.34. The van der Waals surface area contributed by atoms with Crippen LogP contribution in [0.5, 0.6) is 0 Å². The fourth-order valence-electron chi connectivity index (χ4n) is 5.74. The predicted molar refractivity (Wildman–Crippen MR) is 194 cm³/mol. The van der Waals surface area contributed by atoms with Crippen molar-refractivity contribution in [3.63, 3.8) is 0 Å². The molecule has 0 aliphatic carbocycles. The Bertz CT molecular complexity index is 2110. The summed E-state index contributed by atoms with van der Waals surface area (Å²) in [4.78, 5) is 15.0. The van der Waals surface area contributed by atoms with Crippen LogP contribution in [0.15, 0.2) is 103 Å². The highest BCUT2D eigenvalue weighted by Gasteiger charge is 2.24.